The number of hydrogen-bond acceptors (Lipinski definition) is 4. The largest absolute Gasteiger partial charge is 0.506 e. The summed E-state index contributed by atoms with van der Waals surface area (Å²) in [5.41, 5.74) is 3.27. The molecule has 0 heterocycles. The maximum absolute atomic E-state index is 11.8. The molecule has 0 saturated carbocycles. The van der Waals surface area contributed by atoms with Crippen molar-refractivity contribution >= 4 is 34.4 Å². The maximum Gasteiger partial charge on any atom is 0.317 e. The minimum atomic E-state index is -0.384. The van der Waals surface area contributed by atoms with Crippen molar-refractivity contribution < 1.29 is 19.4 Å². The molecular formula is C25H29ClN2O4. The first-order chi connectivity index (χ1) is 15.2. The fourth-order valence-corrected chi connectivity index (χ4v) is 3.11. The van der Waals surface area contributed by atoms with Gasteiger partial charge in [0.2, 0.25) is 0 Å². The number of fused-ring (bicyclic) bond motifs is 1. The van der Waals surface area contributed by atoms with Crippen LogP contribution < -0.4 is 5.32 Å². The molecule has 3 aromatic carbocycles. The van der Waals surface area contributed by atoms with Crippen molar-refractivity contribution in [3.63, 3.8) is 0 Å². The molecule has 0 aliphatic carbocycles. The van der Waals surface area contributed by atoms with Gasteiger partial charge in [0.05, 0.1) is 11.6 Å². The van der Waals surface area contributed by atoms with E-state index in [-0.39, 0.29) is 35.9 Å². The lowest BCUT2D eigenvalue weighted by Crippen LogP contribution is -2.38. The van der Waals surface area contributed by atoms with E-state index in [1.54, 1.807) is 19.2 Å². The third kappa shape index (κ3) is 7.78. The lowest BCUT2D eigenvalue weighted by Gasteiger charge is -2.18. The number of likely N-dealkylation sites (N-methyl/N-ethyl adjacent to an activating group) is 1. The van der Waals surface area contributed by atoms with Crippen molar-refractivity contribution in [2.45, 2.75) is 27.3 Å². The molecule has 0 spiro atoms. The minimum absolute atomic E-state index is 0.0263. The van der Waals surface area contributed by atoms with Gasteiger partial charge < -0.3 is 20.1 Å². The van der Waals surface area contributed by atoms with Gasteiger partial charge in [-0.15, -0.1) is 0 Å². The maximum atomic E-state index is 11.8. The number of urea groups is 1. The molecule has 0 unspecified atom stereocenters. The summed E-state index contributed by atoms with van der Waals surface area (Å²) in [5, 5.41) is 15.0. The first-order valence-corrected chi connectivity index (χ1v) is 10.6. The molecule has 7 heteroatoms. The Balaban J connectivity index is 0.000000255. The number of aryl methyl sites for hydroxylation is 2. The number of esters is 1. The number of rotatable bonds is 5. The normalized spacial score (nSPS) is 10.2. The van der Waals surface area contributed by atoms with Crippen LogP contribution in [0, 0.1) is 13.8 Å². The third-order valence-electron chi connectivity index (χ3n) is 4.72. The summed E-state index contributed by atoms with van der Waals surface area (Å²) in [7, 11) is 1.59. The smallest absolute Gasteiger partial charge is 0.317 e. The first-order valence-electron chi connectivity index (χ1n) is 10.2. The number of ether oxygens (including phenoxy) is 1. The number of nitrogens with one attached hydrogen (secondary N) is 1. The van der Waals surface area contributed by atoms with Gasteiger partial charge in [0.25, 0.3) is 0 Å². The van der Waals surface area contributed by atoms with E-state index < -0.39 is 0 Å². The number of hydrogen-bond donors (Lipinski definition) is 2. The molecule has 0 radical (unpaired) electrons. The van der Waals surface area contributed by atoms with Crippen LogP contribution in [-0.4, -0.2) is 42.2 Å². The highest BCUT2D eigenvalue weighted by Gasteiger charge is 2.10. The van der Waals surface area contributed by atoms with Crippen LogP contribution in [0.2, 0.25) is 5.02 Å². The number of carbonyl (C=O) groups is 2. The Morgan fingerprint density at radius 3 is 2.25 bits per heavy atom. The molecule has 0 aliphatic rings. The zero-order chi connectivity index (χ0) is 23.7. The van der Waals surface area contributed by atoms with Gasteiger partial charge in [-0.3, -0.25) is 4.79 Å². The number of benzene rings is 3. The predicted molar refractivity (Wildman–Crippen MR) is 128 cm³/mol. The Hall–Kier alpha value is -3.25. The third-order valence-corrected chi connectivity index (χ3v) is 5.15. The van der Waals surface area contributed by atoms with E-state index in [2.05, 4.69) is 55.6 Å². The van der Waals surface area contributed by atoms with Crippen LogP contribution in [0.1, 0.15) is 23.6 Å². The minimum Gasteiger partial charge on any atom is -0.506 e. The molecule has 0 bridgehead atoms. The highest BCUT2D eigenvalue weighted by Crippen LogP contribution is 2.26. The number of aromatic hydroxyl groups is 1. The second-order valence-corrected chi connectivity index (χ2v) is 7.90. The zero-order valence-corrected chi connectivity index (χ0v) is 19.6. The van der Waals surface area contributed by atoms with E-state index in [1.807, 2.05) is 0 Å². The van der Waals surface area contributed by atoms with Crippen molar-refractivity contribution in [2.75, 3.05) is 20.2 Å². The van der Waals surface area contributed by atoms with Gasteiger partial charge in [-0.25, -0.2) is 4.79 Å². The van der Waals surface area contributed by atoms with Crippen LogP contribution in [0.25, 0.3) is 10.8 Å². The SMILES string of the molecule is CC(=O)OCCN(C)C(=O)NCc1cccc(O)c1Cl.Cc1ccc2ccc(C)cc2c1. The van der Waals surface area contributed by atoms with Gasteiger partial charge in [-0.1, -0.05) is 71.3 Å². The lowest BCUT2D eigenvalue weighted by molar-refractivity contribution is -0.141. The van der Waals surface area contributed by atoms with Gasteiger partial charge in [0, 0.05) is 20.5 Å². The van der Waals surface area contributed by atoms with E-state index in [9.17, 15) is 14.7 Å². The Morgan fingerprint density at radius 2 is 1.66 bits per heavy atom. The molecule has 170 valence electrons. The number of amides is 2. The molecule has 0 aromatic heterocycles. The van der Waals surface area contributed by atoms with E-state index in [1.165, 1.54) is 39.8 Å². The fraction of sp³-hybridized carbons (Fsp3) is 0.280. The Kier molecular flexibility index (Phi) is 9.35. The number of halogens is 1. The molecule has 32 heavy (non-hydrogen) atoms. The number of phenols is 1. The molecular weight excluding hydrogens is 428 g/mol. The Morgan fingerprint density at radius 1 is 1.03 bits per heavy atom. The lowest BCUT2D eigenvalue weighted by atomic mass is 10.1. The second-order valence-electron chi connectivity index (χ2n) is 7.52. The fourth-order valence-electron chi connectivity index (χ4n) is 2.92. The summed E-state index contributed by atoms with van der Waals surface area (Å²) in [6, 6.07) is 17.6. The van der Waals surface area contributed by atoms with Crippen LogP contribution in [0.15, 0.2) is 54.6 Å². The average Bonchev–Trinajstić information content (AvgIpc) is 2.74. The summed E-state index contributed by atoms with van der Waals surface area (Å²) in [6.45, 7) is 6.20. The van der Waals surface area contributed by atoms with Crippen LogP contribution in [0.5, 0.6) is 5.75 Å². The highest BCUT2D eigenvalue weighted by atomic mass is 35.5. The molecule has 2 amide bonds. The van der Waals surface area contributed by atoms with Crippen LogP contribution in [0.4, 0.5) is 4.79 Å². The van der Waals surface area contributed by atoms with E-state index in [0.29, 0.717) is 12.1 Å². The summed E-state index contributed by atoms with van der Waals surface area (Å²) < 4.78 is 4.75. The zero-order valence-electron chi connectivity index (χ0n) is 18.8. The number of phenolic OH excluding ortho intramolecular Hbond substituents is 1. The molecule has 0 fully saturated rings. The van der Waals surface area contributed by atoms with Gasteiger partial charge in [0.1, 0.15) is 12.4 Å². The van der Waals surface area contributed by atoms with E-state index in [0.717, 1.165) is 0 Å². The van der Waals surface area contributed by atoms with Gasteiger partial charge >= 0.3 is 12.0 Å². The number of carbonyl (C=O) groups excluding carboxylic acids is 2. The van der Waals surface area contributed by atoms with Crippen molar-refractivity contribution in [3.8, 4) is 5.75 Å². The van der Waals surface area contributed by atoms with Crippen molar-refractivity contribution in [3.05, 3.63) is 76.3 Å². The predicted octanol–water partition coefficient (Wildman–Crippen LogP) is 5.21. The molecule has 3 aromatic rings. The molecule has 0 saturated heterocycles. The summed E-state index contributed by atoms with van der Waals surface area (Å²) in [4.78, 5) is 23.7. The van der Waals surface area contributed by atoms with Crippen LogP contribution >= 0.6 is 11.6 Å². The monoisotopic (exact) mass is 456 g/mol. The Labute approximate surface area is 193 Å². The molecule has 0 atom stereocenters. The summed E-state index contributed by atoms with van der Waals surface area (Å²) in [6.07, 6.45) is 0. The standard InChI is InChI=1S/C13H17ClN2O4.C12H12/c1-9(17)20-7-6-16(2)13(19)15-8-10-4-3-5-11(18)12(10)14;1-9-3-5-11-6-4-10(2)8-12(11)7-9/h3-5,18H,6-8H2,1-2H3,(H,15,19);3-8H,1-2H3. The summed E-state index contributed by atoms with van der Waals surface area (Å²) >= 11 is 5.90. The van der Waals surface area contributed by atoms with Gasteiger partial charge in [-0.2, -0.15) is 0 Å². The van der Waals surface area contributed by atoms with Gasteiger partial charge in [-0.05, 0) is 36.2 Å². The first kappa shape index (κ1) is 25.0. The Bertz CT molecular complexity index is 1050. The molecule has 0 aliphatic heterocycles. The average molecular weight is 457 g/mol. The molecule has 3 rings (SSSR count). The molecule has 6 nitrogen and oxygen atoms in total. The van der Waals surface area contributed by atoms with Crippen LogP contribution in [-0.2, 0) is 16.1 Å². The van der Waals surface area contributed by atoms with E-state index in [4.69, 9.17) is 16.3 Å². The van der Waals surface area contributed by atoms with E-state index >= 15 is 0 Å². The van der Waals surface area contributed by atoms with Crippen molar-refractivity contribution in [2.24, 2.45) is 0 Å². The van der Waals surface area contributed by atoms with Gasteiger partial charge in [0.15, 0.2) is 0 Å². The topological polar surface area (TPSA) is 78.9 Å². The second kappa shape index (κ2) is 12.0. The number of nitrogens with zero attached hydrogens (tertiary/aromatic N) is 1. The molecule has 2 N–H and O–H groups in total. The highest BCUT2D eigenvalue weighted by molar-refractivity contribution is 6.32. The summed E-state index contributed by atoms with van der Waals surface area (Å²) in [5.74, 6) is -0.410. The van der Waals surface area contributed by atoms with Crippen LogP contribution in [0.3, 0.4) is 0 Å². The van der Waals surface area contributed by atoms with Crippen molar-refractivity contribution in [1.82, 2.24) is 10.2 Å². The quantitative estimate of drug-likeness (QED) is 0.517. The van der Waals surface area contributed by atoms with Crippen molar-refractivity contribution in [1.29, 1.82) is 0 Å².